The number of rotatable bonds is 0. The molecule has 0 fully saturated rings. The van der Waals surface area contributed by atoms with Crippen molar-refractivity contribution in [3.63, 3.8) is 0 Å². The molecule has 0 aromatic carbocycles. The van der Waals surface area contributed by atoms with Gasteiger partial charge in [0.25, 0.3) is 0 Å². The van der Waals surface area contributed by atoms with E-state index in [1.165, 1.54) is 0 Å². The van der Waals surface area contributed by atoms with Crippen molar-refractivity contribution in [2.45, 2.75) is 0 Å². The van der Waals surface area contributed by atoms with Crippen LogP contribution in [0.25, 0.3) is 0 Å². The minimum absolute atomic E-state index is 0.187. The molecule has 30 valence electrons. The van der Waals surface area contributed by atoms with E-state index in [-0.39, 0.29) is 4.21 Å². The molecule has 0 aliphatic rings. The minimum Gasteiger partial charge on any atom is -0.0645 e. The Balaban J connectivity index is 3.14. The molecular formula is CCl3P. The van der Waals surface area contributed by atoms with E-state index in [9.17, 15) is 0 Å². The Kier molecular flexibility index (Phi) is 3.91. The first-order chi connectivity index (χ1) is 2.27. The molecule has 0 atom stereocenters. The van der Waals surface area contributed by atoms with E-state index < -0.39 is 0 Å². The van der Waals surface area contributed by atoms with Crippen LogP contribution in [-0.4, -0.2) is 4.21 Å². The highest BCUT2D eigenvalue weighted by atomic mass is 35.7. The van der Waals surface area contributed by atoms with Crippen molar-refractivity contribution in [3.8, 4) is 0 Å². The Labute approximate surface area is 46.6 Å². The molecule has 0 spiro atoms. The van der Waals surface area contributed by atoms with Crippen molar-refractivity contribution in [3.05, 3.63) is 0 Å². The van der Waals surface area contributed by atoms with Crippen molar-refractivity contribution in [2.75, 3.05) is 0 Å². The van der Waals surface area contributed by atoms with Crippen LogP contribution in [0.5, 0.6) is 0 Å². The average molecular weight is 149 g/mol. The highest BCUT2D eigenvalue weighted by Crippen LogP contribution is 2.10. The van der Waals surface area contributed by atoms with Gasteiger partial charge in [0.05, 0.1) is 0 Å². The van der Waals surface area contributed by atoms with E-state index in [1.807, 2.05) is 0 Å². The Bertz CT molecular complexity index is 44.9. The predicted molar refractivity (Wildman–Crippen MR) is 29.5 cm³/mol. The van der Waals surface area contributed by atoms with Gasteiger partial charge in [-0.05, 0) is 0 Å². The van der Waals surface area contributed by atoms with Gasteiger partial charge in [0, 0.05) is 7.56 Å². The summed E-state index contributed by atoms with van der Waals surface area (Å²) in [5.41, 5.74) is 0. The fourth-order valence-electron chi connectivity index (χ4n) is 0. The summed E-state index contributed by atoms with van der Waals surface area (Å²) in [5.74, 6) is 0. The third-order valence-corrected chi connectivity index (χ3v) is 1.72. The Morgan fingerprint density at radius 1 is 1.40 bits per heavy atom. The number of hydrogen-bond donors (Lipinski definition) is 0. The first-order valence-corrected chi connectivity index (χ1v) is 3.33. The molecule has 0 N–H and O–H groups in total. The van der Waals surface area contributed by atoms with Crippen LogP contribution in [-0.2, 0) is 0 Å². The molecule has 0 saturated carbocycles. The van der Waals surface area contributed by atoms with Crippen LogP contribution in [0.2, 0.25) is 0 Å². The highest BCUT2D eigenvalue weighted by molar-refractivity contribution is 7.75. The Morgan fingerprint density at radius 3 is 1.60 bits per heavy atom. The fraction of sp³-hybridized carbons (Fsp3) is 0. The lowest BCUT2D eigenvalue weighted by Gasteiger charge is -1.62. The summed E-state index contributed by atoms with van der Waals surface area (Å²) in [5, 5.41) is 0. The lowest BCUT2D eigenvalue weighted by atomic mass is 11.9. The minimum atomic E-state index is 0.187. The molecule has 5 heavy (non-hydrogen) atoms. The monoisotopic (exact) mass is 148 g/mol. The van der Waals surface area contributed by atoms with Crippen LogP contribution < -0.4 is 0 Å². The van der Waals surface area contributed by atoms with Crippen molar-refractivity contribution < 1.29 is 0 Å². The summed E-state index contributed by atoms with van der Waals surface area (Å²) in [6, 6.07) is 0. The van der Waals surface area contributed by atoms with Gasteiger partial charge in [-0.25, -0.2) is 0 Å². The summed E-state index contributed by atoms with van der Waals surface area (Å²) in [7, 11) is 0.417. The number of halogens is 3. The van der Waals surface area contributed by atoms with Crippen LogP contribution >= 0.6 is 42.0 Å². The molecule has 0 heterocycles. The molecule has 0 aromatic heterocycles. The predicted octanol–water partition coefficient (Wildman–Crippen LogP) is 2.65. The topological polar surface area (TPSA) is 0 Å². The van der Waals surface area contributed by atoms with Crippen molar-refractivity contribution in [1.82, 2.24) is 0 Å². The molecule has 0 saturated heterocycles. The lowest BCUT2D eigenvalue weighted by molar-refractivity contribution is 3.83. The maximum atomic E-state index is 5.01. The van der Waals surface area contributed by atoms with Crippen LogP contribution in [0.1, 0.15) is 0 Å². The molecule has 0 aliphatic carbocycles. The van der Waals surface area contributed by atoms with E-state index in [0.29, 0.717) is 7.56 Å². The first-order valence-electron chi connectivity index (χ1n) is 0.771. The van der Waals surface area contributed by atoms with Gasteiger partial charge in [0.1, 0.15) is 4.21 Å². The average Bonchev–Trinajstić information content (AvgIpc) is 1.38. The first kappa shape index (κ1) is 6.04. The van der Waals surface area contributed by atoms with Gasteiger partial charge in [-0.15, -0.1) is 0 Å². The third-order valence-electron chi connectivity index (χ3n) is 0.0639. The molecule has 0 bridgehead atoms. The van der Waals surface area contributed by atoms with Crippen molar-refractivity contribution in [1.29, 1.82) is 0 Å². The van der Waals surface area contributed by atoms with E-state index in [2.05, 4.69) is 0 Å². The van der Waals surface area contributed by atoms with E-state index in [4.69, 9.17) is 34.4 Å². The quantitative estimate of drug-likeness (QED) is 0.465. The van der Waals surface area contributed by atoms with Crippen LogP contribution in [0.3, 0.4) is 0 Å². The van der Waals surface area contributed by atoms with Crippen LogP contribution in [0.15, 0.2) is 0 Å². The lowest BCUT2D eigenvalue weighted by Crippen LogP contribution is -1.47. The summed E-state index contributed by atoms with van der Waals surface area (Å²) >= 11 is 15.0. The van der Waals surface area contributed by atoms with E-state index in [0.717, 1.165) is 0 Å². The molecule has 0 unspecified atom stereocenters. The summed E-state index contributed by atoms with van der Waals surface area (Å²) in [4.78, 5) is 0. The molecule has 4 heteroatoms. The van der Waals surface area contributed by atoms with Crippen LogP contribution in [0.4, 0.5) is 0 Å². The maximum absolute atomic E-state index is 5.01. The second-order valence-electron chi connectivity index (χ2n) is 0.325. The van der Waals surface area contributed by atoms with Gasteiger partial charge >= 0.3 is 0 Å². The third kappa shape index (κ3) is 5.04. The molecule has 0 radical (unpaired) electrons. The zero-order chi connectivity index (χ0) is 4.28. The molecule has 0 aromatic rings. The SMILES string of the molecule is ClP=C(Cl)Cl. The second-order valence-corrected chi connectivity index (χ2v) is 2.92. The van der Waals surface area contributed by atoms with Gasteiger partial charge in [-0.2, -0.15) is 0 Å². The fourth-order valence-corrected chi connectivity index (χ4v) is 0. The number of hydrogen-bond acceptors (Lipinski definition) is 0. The summed E-state index contributed by atoms with van der Waals surface area (Å²) in [6.45, 7) is 0. The Hall–Kier alpha value is 1.04. The largest absolute Gasteiger partial charge is 0.145 e. The molecule has 0 rings (SSSR count). The zero-order valence-electron chi connectivity index (χ0n) is 2.08. The van der Waals surface area contributed by atoms with Crippen LogP contribution in [0, 0.1) is 0 Å². The highest BCUT2D eigenvalue weighted by Gasteiger charge is 1.72. The molecular weight excluding hydrogens is 149 g/mol. The second kappa shape index (κ2) is 3.24. The van der Waals surface area contributed by atoms with Gasteiger partial charge in [0.2, 0.25) is 0 Å². The van der Waals surface area contributed by atoms with Crippen molar-refractivity contribution >= 4 is 46.2 Å². The molecule has 0 aliphatic heterocycles. The summed E-state index contributed by atoms with van der Waals surface area (Å²) < 4.78 is 0.187. The van der Waals surface area contributed by atoms with Gasteiger partial charge in [-0.3, -0.25) is 0 Å². The Morgan fingerprint density at radius 2 is 1.60 bits per heavy atom. The van der Waals surface area contributed by atoms with Crippen molar-refractivity contribution in [2.24, 2.45) is 0 Å². The van der Waals surface area contributed by atoms with Gasteiger partial charge in [0.15, 0.2) is 0 Å². The zero-order valence-corrected chi connectivity index (χ0v) is 5.24. The standard InChI is InChI=1S/CCl3P/c2-1(3)5-4. The summed E-state index contributed by atoms with van der Waals surface area (Å²) in [6.07, 6.45) is 0. The van der Waals surface area contributed by atoms with Gasteiger partial charge < -0.3 is 0 Å². The van der Waals surface area contributed by atoms with E-state index in [1.54, 1.807) is 0 Å². The molecule has 0 amide bonds. The van der Waals surface area contributed by atoms with E-state index >= 15 is 0 Å². The molecule has 0 nitrogen and oxygen atoms in total. The maximum Gasteiger partial charge on any atom is 0.145 e. The normalized spacial score (nSPS) is 8.60. The van der Waals surface area contributed by atoms with Gasteiger partial charge in [-0.1, -0.05) is 34.4 Å². The smallest absolute Gasteiger partial charge is 0.0645 e.